The Labute approximate surface area is 87.6 Å². The highest BCUT2D eigenvalue weighted by Crippen LogP contribution is 2.29. The van der Waals surface area contributed by atoms with Crippen molar-refractivity contribution in [2.24, 2.45) is 0 Å². The molecule has 16 heavy (non-hydrogen) atoms. The van der Waals surface area contributed by atoms with E-state index in [0.717, 1.165) is 30.3 Å². The molecule has 0 aliphatic carbocycles. The van der Waals surface area contributed by atoms with Gasteiger partial charge in [0.2, 0.25) is 0 Å². The standard InChI is InChI=1S/C9H6BF6/c11-9(12,13)8-3-1-7(2-4-8)5-6-10(14,15)16/h1-6H/q-1/b6-5+. The maximum atomic E-state index is 12.1. The molecule has 0 spiro atoms. The van der Waals surface area contributed by atoms with E-state index in [4.69, 9.17) is 0 Å². The highest BCUT2D eigenvalue weighted by atomic mass is 19.4. The molecule has 0 amide bonds. The van der Waals surface area contributed by atoms with Crippen LogP contribution in [0.25, 0.3) is 6.08 Å². The van der Waals surface area contributed by atoms with Crippen molar-refractivity contribution in [3.63, 3.8) is 0 Å². The SMILES string of the molecule is F[B-](F)(F)/C=C/c1ccc(C(F)(F)F)cc1. The second-order valence-corrected chi connectivity index (χ2v) is 3.10. The molecular formula is C9H6BF6-. The quantitative estimate of drug-likeness (QED) is 0.538. The zero-order valence-corrected chi connectivity index (χ0v) is 7.81. The first-order valence-electron chi connectivity index (χ1n) is 4.25. The molecule has 0 aromatic heterocycles. The van der Waals surface area contributed by atoms with E-state index in [1.165, 1.54) is 0 Å². The zero-order chi connectivity index (χ0) is 12.4. The van der Waals surface area contributed by atoms with Gasteiger partial charge in [-0.1, -0.05) is 18.2 Å². The van der Waals surface area contributed by atoms with Crippen LogP contribution in [0.4, 0.5) is 26.1 Å². The molecule has 1 rings (SSSR count). The third-order valence-corrected chi connectivity index (χ3v) is 1.74. The summed E-state index contributed by atoms with van der Waals surface area (Å²) in [7, 11) is 0. The van der Waals surface area contributed by atoms with Gasteiger partial charge in [0.1, 0.15) is 0 Å². The molecule has 0 unspecified atom stereocenters. The first kappa shape index (κ1) is 12.7. The van der Waals surface area contributed by atoms with Crippen molar-refractivity contribution in [1.29, 1.82) is 0 Å². The fourth-order valence-electron chi connectivity index (χ4n) is 1.00. The minimum atomic E-state index is -5.07. The lowest BCUT2D eigenvalue weighted by molar-refractivity contribution is -0.137. The number of halogens is 6. The van der Waals surface area contributed by atoms with Gasteiger partial charge >= 0.3 is 13.2 Å². The normalized spacial score (nSPS) is 13.4. The first-order chi connectivity index (χ1) is 7.18. The molecule has 0 saturated carbocycles. The maximum absolute atomic E-state index is 12.1. The predicted octanol–water partition coefficient (Wildman–Crippen LogP) is 4.11. The zero-order valence-electron chi connectivity index (χ0n) is 7.81. The third kappa shape index (κ3) is 4.00. The van der Waals surface area contributed by atoms with Crippen LogP contribution in [0.15, 0.2) is 30.2 Å². The average molecular weight is 239 g/mol. The van der Waals surface area contributed by atoms with Crippen LogP contribution in [0.2, 0.25) is 0 Å². The summed E-state index contributed by atoms with van der Waals surface area (Å²) >= 11 is 0. The maximum Gasteiger partial charge on any atom is 0.502 e. The highest BCUT2D eigenvalue weighted by molar-refractivity contribution is 6.64. The fourth-order valence-corrected chi connectivity index (χ4v) is 1.00. The third-order valence-electron chi connectivity index (χ3n) is 1.74. The molecule has 0 aliphatic rings. The predicted molar refractivity (Wildman–Crippen MR) is 49.6 cm³/mol. The lowest BCUT2D eigenvalue weighted by Gasteiger charge is -2.08. The minimum absolute atomic E-state index is 0.0304. The Balaban J connectivity index is 2.85. The second-order valence-electron chi connectivity index (χ2n) is 3.10. The molecule has 0 radical (unpaired) electrons. The largest absolute Gasteiger partial charge is 0.502 e. The van der Waals surface area contributed by atoms with Gasteiger partial charge in [-0.15, -0.1) is 5.98 Å². The van der Waals surface area contributed by atoms with Gasteiger partial charge in [-0.05, 0) is 17.7 Å². The van der Waals surface area contributed by atoms with E-state index < -0.39 is 18.7 Å². The average Bonchev–Trinajstić information content (AvgIpc) is 2.13. The summed E-state index contributed by atoms with van der Waals surface area (Å²) in [4.78, 5) is 0. The van der Waals surface area contributed by atoms with Crippen LogP contribution in [0, 0.1) is 0 Å². The lowest BCUT2D eigenvalue weighted by atomic mass is 9.90. The summed E-state index contributed by atoms with van der Waals surface area (Å²) in [6.45, 7) is -5.07. The van der Waals surface area contributed by atoms with E-state index in [1.807, 2.05) is 0 Å². The number of hydrogen-bond acceptors (Lipinski definition) is 0. The summed E-state index contributed by atoms with van der Waals surface area (Å²) in [5, 5.41) is 0. The van der Waals surface area contributed by atoms with Crippen LogP contribution in [-0.4, -0.2) is 6.98 Å². The van der Waals surface area contributed by atoms with Crippen LogP contribution in [0.5, 0.6) is 0 Å². The van der Waals surface area contributed by atoms with E-state index in [9.17, 15) is 26.1 Å². The Morgan fingerprint density at radius 2 is 1.44 bits per heavy atom. The summed E-state index contributed by atoms with van der Waals surface area (Å²) in [6.07, 6.45) is -3.74. The van der Waals surface area contributed by atoms with Crippen LogP contribution in [-0.2, 0) is 6.18 Å². The topological polar surface area (TPSA) is 0 Å². The van der Waals surface area contributed by atoms with Crippen molar-refractivity contribution in [3.8, 4) is 0 Å². The Kier molecular flexibility index (Phi) is 3.35. The molecule has 88 valence electrons. The highest BCUT2D eigenvalue weighted by Gasteiger charge is 2.29. The number of benzene rings is 1. The van der Waals surface area contributed by atoms with Gasteiger partial charge in [0, 0.05) is 0 Å². The molecule has 0 N–H and O–H groups in total. The molecule has 0 bridgehead atoms. The number of hydrogen-bond donors (Lipinski definition) is 0. The van der Waals surface area contributed by atoms with Gasteiger partial charge in [0.15, 0.2) is 0 Å². The van der Waals surface area contributed by atoms with Gasteiger partial charge in [-0.25, -0.2) is 0 Å². The van der Waals surface area contributed by atoms with Crippen molar-refractivity contribution in [3.05, 3.63) is 41.4 Å². The second kappa shape index (κ2) is 4.23. The van der Waals surface area contributed by atoms with E-state index in [0.29, 0.717) is 0 Å². The van der Waals surface area contributed by atoms with Crippen molar-refractivity contribution in [1.82, 2.24) is 0 Å². The summed E-state index contributed by atoms with van der Waals surface area (Å²) in [5.74, 6) is 0.0304. The molecule has 0 fully saturated rings. The molecule has 1 aromatic carbocycles. The summed E-state index contributed by atoms with van der Waals surface area (Å²) in [6, 6.07) is 3.45. The van der Waals surface area contributed by atoms with E-state index >= 15 is 0 Å². The van der Waals surface area contributed by atoms with Crippen molar-refractivity contribution in [2.75, 3.05) is 0 Å². The summed E-state index contributed by atoms with van der Waals surface area (Å²) in [5.41, 5.74) is -0.811. The first-order valence-corrected chi connectivity index (χ1v) is 4.25. The Hall–Kier alpha value is -1.40. The Bertz CT molecular complexity index is 372. The van der Waals surface area contributed by atoms with Crippen molar-refractivity contribution >= 4 is 13.1 Å². The fraction of sp³-hybridized carbons (Fsp3) is 0.111. The Morgan fingerprint density at radius 1 is 0.938 bits per heavy atom. The molecule has 0 aliphatic heterocycles. The van der Waals surface area contributed by atoms with E-state index in [-0.39, 0.29) is 11.5 Å². The van der Waals surface area contributed by atoms with Crippen LogP contribution >= 0.6 is 0 Å². The van der Waals surface area contributed by atoms with Gasteiger partial charge in [0.25, 0.3) is 0 Å². The van der Waals surface area contributed by atoms with Crippen LogP contribution in [0.3, 0.4) is 0 Å². The molecule has 0 atom stereocenters. The monoisotopic (exact) mass is 239 g/mol. The Morgan fingerprint density at radius 3 is 1.81 bits per heavy atom. The smallest absolute Gasteiger partial charge is 0.445 e. The molecule has 0 saturated heterocycles. The van der Waals surface area contributed by atoms with Crippen LogP contribution in [0.1, 0.15) is 11.1 Å². The van der Waals surface area contributed by atoms with Gasteiger partial charge in [-0.3, -0.25) is 0 Å². The van der Waals surface area contributed by atoms with E-state index in [1.54, 1.807) is 0 Å². The van der Waals surface area contributed by atoms with Gasteiger partial charge < -0.3 is 12.9 Å². The van der Waals surface area contributed by atoms with Gasteiger partial charge in [-0.2, -0.15) is 13.2 Å². The molecule has 0 nitrogen and oxygen atoms in total. The van der Waals surface area contributed by atoms with Crippen LogP contribution < -0.4 is 0 Å². The molecular weight excluding hydrogens is 233 g/mol. The lowest BCUT2D eigenvalue weighted by Crippen LogP contribution is -2.09. The number of alkyl halides is 3. The van der Waals surface area contributed by atoms with Crippen molar-refractivity contribution < 1.29 is 26.1 Å². The molecule has 7 heteroatoms. The van der Waals surface area contributed by atoms with E-state index in [2.05, 4.69) is 0 Å². The van der Waals surface area contributed by atoms with Gasteiger partial charge in [0.05, 0.1) is 5.56 Å². The van der Waals surface area contributed by atoms with Crippen molar-refractivity contribution in [2.45, 2.75) is 6.18 Å². The minimum Gasteiger partial charge on any atom is -0.445 e. The molecule has 0 heterocycles. The summed E-state index contributed by atoms with van der Waals surface area (Å²) < 4.78 is 71.7. The number of rotatable bonds is 2. The molecule has 1 aromatic rings.